The normalized spacial score (nSPS) is 13.8. The Balaban J connectivity index is 1.37. The highest BCUT2D eigenvalue weighted by atomic mass is 127. The van der Waals surface area contributed by atoms with Crippen LogP contribution in [0.5, 0.6) is 11.5 Å². The van der Waals surface area contributed by atoms with Gasteiger partial charge in [0.25, 0.3) is 0 Å². The van der Waals surface area contributed by atoms with Crippen LogP contribution in [0, 0.1) is 10.5 Å². The monoisotopic (exact) mass is 615 g/mol. The molecule has 0 saturated carbocycles. The van der Waals surface area contributed by atoms with E-state index in [1.54, 1.807) is 6.08 Å². The Labute approximate surface area is 235 Å². The van der Waals surface area contributed by atoms with E-state index in [1.807, 2.05) is 61.5 Å². The highest BCUT2D eigenvalue weighted by molar-refractivity contribution is 14.1. The van der Waals surface area contributed by atoms with E-state index < -0.39 is 5.97 Å². The SMILES string of the molecule is CCOc1cc(/C=C2\N=C(c3ccc(-c4ccccc4)cc3)OC2=O)cc(I)c1OCc1ccc(C)cc1. The van der Waals surface area contributed by atoms with E-state index in [1.165, 1.54) is 5.56 Å². The molecule has 0 fully saturated rings. The Kier molecular flexibility index (Phi) is 7.89. The molecule has 1 aliphatic rings. The number of hydrogen-bond acceptors (Lipinski definition) is 5. The molecule has 0 bridgehead atoms. The van der Waals surface area contributed by atoms with Gasteiger partial charge in [0.05, 0.1) is 10.2 Å². The average molecular weight is 615 g/mol. The second kappa shape index (κ2) is 11.6. The molecule has 0 unspecified atom stereocenters. The molecule has 5 rings (SSSR count). The van der Waals surface area contributed by atoms with Crippen molar-refractivity contribution >= 4 is 40.5 Å². The molecule has 0 aliphatic carbocycles. The van der Waals surface area contributed by atoms with Crippen LogP contribution in [0.3, 0.4) is 0 Å². The number of aliphatic imine (C=N–C) groups is 1. The number of rotatable bonds is 8. The van der Waals surface area contributed by atoms with E-state index >= 15 is 0 Å². The number of benzene rings is 4. The summed E-state index contributed by atoms with van der Waals surface area (Å²) in [4.78, 5) is 17.1. The molecular formula is C32H26INO4. The molecule has 0 saturated heterocycles. The van der Waals surface area contributed by atoms with Gasteiger partial charge in [0.15, 0.2) is 17.2 Å². The zero-order valence-electron chi connectivity index (χ0n) is 21.1. The smallest absolute Gasteiger partial charge is 0.363 e. The van der Waals surface area contributed by atoms with Crippen LogP contribution >= 0.6 is 22.6 Å². The Morgan fingerprint density at radius 1 is 0.868 bits per heavy atom. The van der Waals surface area contributed by atoms with Gasteiger partial charge in [-0.15, -0.1) is 0 Å². The lowest BCUT2D eigenvalue weighted by Crippen LogP contribution is -2.05. The zero-order valence-corrected chi connectivity index (χ0v) is 23.3. The van der Waals surface area contributed by atoms with Crippen molar-refractivity contribution in [1.82, 2.24) is 0 Å². The van der Waals surface area contributed by atoms with Gasteiger partial charge in [0.2, 0.25) is 5.90 Å². The predicted molar refractivity (Wildman–Crippen MR) is 158 cm³/mol. The first-order valence-corrected chi connectivity index (χ1v) is 13.4. The van der Waals surface area contributed by atoms with Crippen molar-refractivity contribution in [2.24, 2.45) is 4.99 Å². The number of cyclic esters (lactones) is 1. The van der Waals surface area contributed by atoms with Gasteiger partial charge >= 0.3 is 5.97 Å². The van der Waals surface area contributed by atoms with E-state index in [2.05, 4.69) is 70.9 Å². The van der Waals surface area contributed by atoms with Gasteiger partial charge < -0.3 is 14.2 Å². The second-order valence-corrected chi connectivity index (χ2v) is 9.98. The molecule has 0 spiro atoms. The second-order valence-electron chi connectivity index (χ2n) is 8.82. The van der Waals surface area contributed by atoms with Gasteiger partial charge in [0, 0.05) is 5.56 Å². The zero-order chi connectivity index (χ0) is 26.5. The van der Waals surface area contributed by atoms with Crippen molar-refractivity contribution in [3.8, 4) is 22.6 Å². The molecule has 38 heavy (non-hydrogen) atoms. The maximum absolute atomic E-state index is 12.6. The summed E-state index contributed by atoms with van der Waals surface area (Å²) in [5.41, 5.74) is 6.24. The number of halogens is 1. The third kappa shape index (κ3) is 5.97. The quantitative estimate of drug-likeness (QED) is 0.117. The molecule has 1 aliphatic heterocycles. The van der Waals surface area contributed by atoms with Crippen LogP contribution in [0.1, 0.15) is 29.2 Å². The lowest BCUT2D eigenvalue weighted by atomic mass is 10.0. The molecule has 5 nitrogen and oxygen atoms in total. The summed E-state index contributed by atoms with van der Waals surface area (Å²) in [5, 5.41) is 0. The van der Waals surface area contributed by atoms with Gasteiger partial charge in [-0.25, -0.2) is 9.79 Å². The van der Waals surface area contributed by atoms with Crippen molar-refractivity contribution < 1.29 is 19.0 Å². The van der Waals surface area contributed by atoms with E-state index in [0.29, 0.717) is 30.6 Å². The summed E-state index contributed by atoms with van der Waals surface area (Å²) in [6, 6.07) is 30.0. The van der Waals surface area contributed by atoms with E-state index in [-0.39, 0.29) is 5.70 Å². The van der Waals surface area contributed by atoms with Crippen LogP contribution in [0.15, 0.2) is 102 Å². The summed E-state index contributed by atoms with van der Waals surface area (Å²) in [6.45, 7) is 4.90. The van der Waals surface area contributed by atoms with Crippen LogP contribution in [0.4, 0.5) is 0 Å². The molecule has 1 heterocycles. The summed E-state index contributed by atoms with van der Waals surface area (Å²) in [6.07, 6.45) is 1.71. The number of nitrogens with zero attached hydrogens (tertiary/aromatic N) is 1. The molecule has 4 aromatic carbocycles. The molecule has 0 amide bonds. The summed E-state index contributed by atoms with van der Waals surface area (Å²) in [5.74, 6) is 1.09. The van der Waals surface area contributed by atoms with Crippen LogP contribution in [-0.4, -0.2) is 18.5 Å². The third-order valence-corrected chi connectivity index (χ3v) is 6.80. The highest BCUT2D eigenvalue weighted by Crippen LogP contribution is 2.36. The Morgan fingerprint density at radius 2 is 1.55 bits per heavy atom. The van der Waals surface area contributed by atoms with E-state index in [9.17, 15) is 4.79 Å². The third-order valence-electron chi connectivity index (χ3n) is 6.00. The minimum absolute atomic E-state index is 0.235. The van der Waals surface area contributed by atoms with Crippen molar-refractivity contribution in [2.45, 2.75) is 20.5 Å². The van der Waals surface area contributed by atoms with Gasteiger partial charge in [-0.05, 0) is 89.0 Å². The number of esters is 1. The first kappa shape index (κ1) is 25.7. The van der Waals surface area contributed by atoms with Gasteiger partial charge in [-0.3, -0.25) is 0 Å². The van der Waals surface area contributed by atoms with Crippen LogP contribution in [-0.2, 0) is 16.1 Å². The fraction of sp³-hybridized carbons (Fsp3) is 0.125. The van der Waals surface area contributed by atoms with Crippen molar-refractivity contribution in [2.75, 3.05) is 6.61 Å². The number of aryl methyl sites for hydroxylation is 1. The van der Waals surface area contributed by atoms with Crippen molar-refractivity contribution in [1.29, 1.82) is 0 Å². The molecule has 0 N–H and O–H groups in total. The van der Waals surface area contributed by atoms with Crippen LogP contribution < -0.4 is 9.47 Å². The Morgan fingerprint density at radius 3 is 2.26 bits per heavy atom. The van der Waals surface area contributed by atoms with Crippen LogP contribution in [0.25, 0.3) is 17.2 Å². The van der Waals surface area contributed by atoms with Gasteiger partial charge in [-0.2, -0.15) is 0 Å². The summed E-state index contributed by atoms with van der Waals surface area (Å²) >= 11 is 2.23. The highest BCUT2D eigenvalue weighted by Gasteiger charge is 2.24. The minimum Gasteiger partial charge on any atom is -0.490 e. The molecular weight excluding hydrogens is 589 g/mol. The molecule has 0 atom stereocenters. The molecule has 4 aromatic rings. The fourth-order valence-corrected chi connectivity index (χ4v) is 4.82. The number of carbonyl (C=O) groups excluding carboxylic acids is 1. The predicted octanol–water partition coefficient (Wildman–Crippen LogP) is 7.59. The maximum atomic E-state index is 12.6. The Bertz CT molecular complexity index is 1510. The van der Waals surface area contributed by atoms with Crippen molar-refractivity contribution in [3.63, 3.8) is 0 Å². The van der Waals surface area contributed by atoms with E-state index in [0.717, 1.165) is 31.4 Å². The Hall–Kier alpha value is -3.91. The molecule has 0 radical (unpaired) electrons. The summed E-state index contributed by atoms with van der Waals surface area (Å²) in [7, 11) is 0. The minimum atomic E-state index is -0.486. The topological polar surface area (TPSA) is 57.1 Å². The lowest BCUT2D eigenvalue weighted by Gasteiger charge is -2.15. The van der Waals surface area contributed by atoms with E-state index in [4.69, 9.17) is 14.2 Å². The molecule has 190 valence electrons. The lowest BCUT2D eigenvalue weighted by molar-refractivity contribution is -0.129. The standard InChI is InChI=1S/C32H26INO4/c1-3-36-29-19-23(17-27(33)30(29)37-20-22-11-9-21(2)10-12-22)18-28-32(35)38-31(34-28)26-15-13-25(14-16-26)24-7-5-4-6-8-24/h4-19H,3,20H2,1-2H3/b28-18-. The van der Waals surface area contributed by atoms with Crippen LogP contribution in [0.2, 0.25) is 0 Å². The number of ether oxygens (including phenoxy) is 3. The van der Waals surface area contributed by atoms with Gasteiger partial charge in [0.1, 0.15) is 6.61 Å². The molecule has 6 heteroatoms. The summed E-state index contributed by atoms with van der Waals surface area (Å²) < 4.78 is 18.4. The molecule has 0 aromatic heterocycles. The number of carbonyl (C=O) groups is 1. The first-order chi connectivity index (χ1) is 18.5. The first-order valence-electron chi connectivity index (χ1n) is 12.3. The number of hydrogen-bond donors (Lipinski definition) is 0. The van der Waals surface area contributed by atoms with Crippen molar-refractivity contribution in [3.05, 3.63) is 123 Å². The van der Waals surface area contributed by atoms with Gasteiger partial charge in [-0.1, -0.05) is 72.3 Å². The fourth-order valence-electron chi connectivity index (χ4n) is 4.04. The average Bonchev–Trinajstić information content (AvgIpc) is 3.30. The maximum Gasteiger partial charge on any atom is 0.363 e. The largest absolute Gasteiger partial charge is 0.490 e.